The van der Waals surface area contributed by atoms with Gasteiger partial charge < -0.3 is 0 Å². The molecule has 1 aliphatic heterocycles. The molecule has 0 bridgehead atoms. The summed E-state index contributed by atoms with van der Waals surface area (Å²) < 4.78 is 29.3. The maximum atomic E-state index is 13.2. The molecule has 2 heterocycles. The first-order chi connectivity index (χ1) is 11.7. The standard InChI is InChI=1S/C18H19N3O2S/c22-24(23,20-12-6-7-13-20)21-17-11-5-4-10-16(17)19-18(21)14-15-8-2-1-3-9-15/h1-5,8-11H,6-7,12-14H2. The van der Waals surface area contributed by atoms with E-state index >= 15 is 0 Å². The van der Waals surface area contributed by atoms with Crippen LogP contribution in [-0.2, 0) is 16.6 Å². The second-order valence-corrected chi connectivity index (χ2v) is 7.83. The molecule has 0 radical (unpaired) electrons. The van der Waals surface area contributed by atoms with Gasteiger partial charge in [-0.2, -0.15) is 12.7 Å². The van der Waals surface area contributed by atoms with Crippen molar-refractivity contribution in [3.05, 3.63) is 66.0 Å². The molecule has 0 aliphatic carbocycles. The van der Waals surface area contributed by atoms with E-state index in [4.69, 9.17) is 0 Å². The van der Waals surface area contributed by atoms with Crippen LogP contribution in [0.5, 0.6) is 0 Å². The van der Waals surface area contributed by atoms with E-state index in [-0.39, 0.29) is 0 Å². The van der Waals surface area contributed by atoms with Crippen LogP contribution in [0.4, 0.5) is 0 Å². The molecule has 3 aromatic rings. The summed E-state index contributed by atoms with van der Waals surface area (Å²) in [6.07, 6.45) is 2.32. The Bertz CT molecular complexity index is 958. The largest absolute Gasteiger partial charge is 0.309 e. The third-order valence-corrected chi connectivity index (χ3v) is 6.30. The van der Waals surface area contributed by atoms with E-state index in [9.17, 15) is 8.42 Å². The minimum atomic E-state index is -3.59. The Morgan fingerprint density at radius 3 is 2.33 bits per heavy atom. The number of para-hydroxylation sites is 2. The molecular formula is C18H19N3O2S. The molecule has 0 spiro atoms. The minimum absolute atomic E-state index is 0.489. The highest BCUT2D eigenvalue weighted by Gasteiger charge is 2.30. The van der Waals surface area contributed by atoms with E-state index in [1.54, 1.807) is 4.31 Å². The van der Waals surface area contributed by atoms with Crippen molar-refractivity contribution in [1.29, 1.82) is 0 Å². The molecule has 1 aromatic heterocycles. The van der Waals surface area contributed by atoms with Gasteiger partial charge in [0.15, 0.2) is 0 Å². The number of benzene rings is 2. The van der Waals surface area contributed by atoms with E-state index in [1.807, 2.05) is 54.6 Å². The van der Waals surface area contributed by atoms with Gasteiger partial charge in [-0.1, -0.05) is 42.5 Å². The summed E-state index contributed by atoms with van der Waals surface area (Å²) in [5, 5.41) is 0. The van der Waals surface area contributed by atoms with Crippen molar-refractivity contribution in [3.63, 3.8) is 0 Å². The Hall–Kier alpha value is -2.18. The van der Waals surface area contributed by atoms with Crippen LogP contribution in [0.25, 0.3) is 11.0 Å². The highest BCUT2D eigenvalue weighted by atomic mass is 32.2. The van der Waals surface area contributed by atoms with Gasteiger partial charge in [-0.3, -0.25) is 0 Å². The maximum Gasteiger partial charge on any atom is 0.309 e. The summed E-state index contributed by atoms with van der Waals surface area (Å²) in [4.78, 5) is 4.60. The lowest BCUT2D eigenvalue weighted by molar-refractivity contribution is 0.469. The molecule has 0 atom stereocenters. The van der Waals surface area contributed by atoms with Gasteiger partial charge in [0.25, 0.3) is 0 Å². The lowest BCUT2D eigenvalue weighted by Gasteiger charge is -2.18. The van der Waals surface area contributed by atoms with E-state index < -0.39 is 10.2 Å². The first-order valence-corrected chi connectivity index (χ1v) is 9.57. The minimum Gasteiger partial charge on any atom is -0.232 e. The first-order valence-electron chi connectivity index (χ1n) is 8.17. The van der Waals surface area contributed by atoms with E-state index in [0.717, 1.165) is 18.4 Å². The van der Waals surface area contributed by atoms with Crippen LogP contribution in [0, 0.1) is 0 Å². The predicted molar refractivity (Wildman–Crippen MR) is 94.1 cm³/mol. The number of hydrogen-bond donors (Lipinski definition) is 0. The molecule has 0 saturated carbocycles. The zero-order valence-corrected chi connectivity index (χ0v) is 14.1. The SMILES string of the molecule is O=S(=O)(N1CCCC1)n1c(Cc2ccccc2)nc2ccccc21. The van der Waals surface area contributed by atoms with Crippen molar-refractivity contribution in [1.82, 2.24) is 13.3 Å². The van der Waals surface area contributed by atoms with E-state index in [1.165, 1.54) is 3.97 Å². The number of aromatic nitrogens is 2. The Morgan fingerprint density at radius 1 is 0.917 bits per heavy atom. The molecule has 1 aliphatic rings. The quantitative estimate of drug-likeness (QED) is 0.733. The number of hydrogen-bond acceptors (Lipinski definition) is 3. The Morgan fingerprint density at radius 2 is 1.58 bits per heavy atom. The fraction of sp³-hybridized carbons (Fsp3) is 0.278. The molecule has 1 saturated heterocycles. The van der Waals surface area contributed by atoms with Gasteiger partial charge in [-0.25, -0.2) is 8.96 Å². The van der Waals surface area contributed by atoms with Gasteiger partial charge in [0.05, 0.1) is 11.0 Å². The summed E-state index contributed by atoms with van der Waals surface area (Å²) in [5.41, 5.74) is 2.41. The number of imidazole rings is 1. The molecular weight excluding hydrogens is 322 g/mol. The van der Waals surface area contributed by atoms with Crippen LogP contribution >= 0.6 is 0 Å². The van der Waals surface area contributed by atoms with Crippen LogP contribution in [0.1, 0.15) is 24.2 Å². The lowest BCUT2D eigenvalue weighted by Crippen LogP contribution is -2.34. The third kappa shape index (κ3) is 2.61. The van der Waals surface area contributed by atoms with Crippen molar-refractivity contribution in [2.75, 3.05) is 13.1 Å². The van der Waals surface area contributed by atoms with Gasteiger partial charge in [-0.15, -0.1) is 0 Å². The van der Waals surface area contributed by atoms with Crippen LogP contribution in [-0.4, -0.2) is 34.8 Å². The van der Waals surface area contributed by atoms with E-state index in [2.05, 4.69) is 4.98 Å². The molecule has 0 unspecified atom stereocenters. The number of fused-ring (bicyclic) bond motifs is 1. The second kappa shape index (κ2) is 6.03. The summed E-state index contributed by atoms with van der Waals surface area (Å²) >= 11 is 0. The number of rotatable bonds is 4. The Labute approximate surface area is 141 Å². The first kappa shape index (κ1) is 15.4. The summed E-state index contributed by atoms with van der Waals surface area (Å²) in [5.74, 6) is 0.564. The normalized spacial score (nSPS) is 16.0. The van der Waals surface area contributed by atoms with Gasteiger partial charge >= 0.3 is 10.2 Å². The average molecular weight is 341 g/mol. The van der Waals surface area contributed by atoms with Crippen molar-refractivity contribution < 1.29 is 8.42 Å². The molecule has 4 rings (SSSR count). The summed E-state index contributed by atoms with van der Waals surface area (Å²) in [6.45, 7) is 1.17. The molecule has 2 aromatic carbocycles. The van der Waals surface area contributed by atoms with Crippen molar-refractivity contribution in [3.8, 4) is 0 Å². The molecule has 24 heavy (non-hydrogen) atoms. The van der Waals surface area contributed by atoms with Crippen molar-refractivity contribution in [2.45, 2.75) is 19.3 Å². The maximum absolute atomic E-state index is 13.2. The monoisotopic (exact) mass is 341 g/mol. The Balaban J connectivity index is 1.87. The van der Waals surface area contributed by atoms with E-state index in [0.29, 0.717) is 36.4 Å². The van der Waals surface area contributed by atoms with Gasteiger partial charge in [0.1, 0.15) is 5.82 Å². The number of nitrogens with zero attached hydrogens (tertiary/aromatic N) is 3. The molecule has 0 N–H and O–H groups in total. The van der Waals surface area contributed by atoms with Gasteiger partial charge in [0, 0.05) is 19.5 Å². The molecule has 0 amide bonds. The molecule has 1 fully saturated rings. The van der Waals surface area contributed by atoms with Crippen LogP contribution in [0.15, 0.2) is 54.6 Å². The van der Waals surface area contributed by atoms with Crippen molar-refractivity contribution >= 4 is 21.2 Å². The zero-order chi connectivity index (χ0) is 16.6. The van der Waals surface area contributed by atoms with Gasteiger partial charge in [-0.05, 0) is 30.5 Å². The van der Waals surface area contributed by atoms with Crippen LogP contribution < -0.4 is 0 Å². The topological polar surface area (TPSA) is 55.2 Å². The molecule has 6 heteroatoms. The molecule has 124 valence electrons. The fourth-order valence-corrected chi connectivity index (χ4v) is 4.96. The average Bonchev–Trinajstić information content (AvgIpc) is 3.24. The summed E-state index contributed by atoms with van der Waals surface area (Å²) in [7, 11) is -3.59. The van der Waals surface area contributed by atoms with Crippen LogP contribution in [0.2, 0.25) is 0 Å². The third-order valence-electron chi connectivity index (χ3n) is 4.41. The Kier molecular flexibility index (Phi) is 3.86. The highest BCUT2D eigenvalue weighted by molar-refractivity contribution is 7.87. The smallest absolute Gasteiger partial charge is 0.232 e. The zero-order valence-electron chi connectivity index (χ0n) is 13.3. The van der Waals surface area contributed by atoms with Gasteiger partial charge in [0.2, 0.25) is 0 Å². The second-order valence-electron chi connectivity index (χ2n) is 6.06. The molecule has 5 nitrogen and oxygen atoms in total. The highest BCUT2D eigenvalue weighted by Crippen LogP contribution is 2.24. The summed E-state index contributed by atoms with van der Waals surface area (Å²) in [6, 6.07) is 17.3. The lowest BCUT2D eigenvalue weighted by atomic mass is 10.1. The predicted octanol–water partition coefficient (Wildman–Crippen LogP) is 2.82. The van der Waals surface area contributed by atoms with Crippen molar-refractivity contribution in [2.24, 2.45) is 0 Å². The fourth-order valence-electron chi connectivity index (χ4n) is 3.24. The van der Waals surface area contributed by atoms with Crippen LogP contribution in [0.3, 0.4) is 0 Å².